The molecule has 0 radical (unpaired) electrons. The summed E-state index contributed by atoms with van der Waals surface area (Å²) in [7, 11) is 3.06. The normalized spacial score (nSPS) is 11.5. The summed E-state index contributed by atoms with van der Waals surface area (Å²) in [4.78, 5) is 40.5. The van der Waals surface area contributed by atoms with Crippen LogP contribution in [0.4, 0.5) is 11.4 Å². The maximum atomic E-state index is 13.6. The Hall–Kier alpha value is -6.00. The van der Waals surface area contributed by atoms with Crippen molar-refractivity contribution in [1.29, 1.82) is 0 Å². The van der Waals surface area contributed by atoms with E-state index < -0.39 is 17.1 Å². The SMILES string of the molecule is COc1ccc(/C=C(/NC(=O)c2ccccc2)C(=O)Nc2cccc(SC(C)C(=O)Nc3ccc(Oc4ccccc4)cc3)c2)c(OC)c1. The molecule has 5 aromatic carbocycles. The zero-order valence-electron chi connectivity index (χ0n) is 27.1. The molecule has 0 aromatic heterocycles. The molecule has 0 aliphatic rings. The van der Waals surface area contributed by atoms with Crippen molar-refractivity contribution in [3.8, 4) is 23.0 Å². The number of anilines is 2. The molecular weight excluding hydrogens is 639 g/mol. The Morgan fingerprint density at radius 2 is 1.35 bits per heavy atom. The molecule has 0 saturated heterocycles. The molecule has 3 amide bonds. The van der Waals surface area contributed by atoms with Crippen LogP contribution in [-0.4, -0.2) is 37.2 Å². The van der Waals surface area contributed by atoms with Gasteiger partial charge in [-0.25, -0.2) is 0 Å². The van der Waals surface area contributed by atoms with E-state index in [9.17, 15) is 14.4 Å². The molecule has 0 saturated carbocycles. The van der Waals surface area contributed by atoms with Crippen LogP contribution >= 0.6 is 11.8 Å². The highest BCUT2D eigenvalue weighted by Gasteiger charge is 2.18. The van der Waals surface area contributed by atoms with Crippen LogP contribution in [-0.2, 0) is 9.59 Å². The summed E-state index contributed by atoms with van der Waals surface area (Å²) in [6.07, 6.45) is 1.54. The Balaban J connectivity index is 1.26. The quantitative estimate of drug-likeness (QED) is 0.0857. The van der Waals surface area contributed by atoms with Crippen LogP contribution < -0.4 is 30.2 Å². The lowest BCUT2D eigenvalue weighted by molar-refractivity contribution is -0.115. The van der Waals surface area contributed by atoms with Gasteiger partial charge in [0.25, 0.3) is 11.8 Å². The van der Waals surface area contributed by atoms with Crippen molar-refractivity contribution < 1.29 is 28.6 Å². The van der Waals surface area contributed by atoms with E-state index in [4.69, 9.17) is 14.2 Å². The molecule has 5 aromatic rings. The molecule has 1 atom stereocenters. The number of benzene rings is 5. The third-order valence-corrected chi connectivity index (χ3v) is 8.24. The number of carbonyl (C=O) groups excluding carboxylic acids is 3. The van der Waals surface area contributed by atoms with Crippen molar-refractivity contribution in [3.05, 3.63) is 144 Å². The fourth-order valence-electron chi connectivity index (χ4n) is 4.61. The first-order valence-electron chi connectivity index (χ1n) is 15.3. The van der Waals surface area contributed by atoms with Gasteiger partial charge in [0.1, 0.15) is 28.7 Å². The van der Waals surface area contributed by atoms with E-state index in [1.165, 1.54) is 18.9 Å². The Bertz CT molecular complexity index is 1930. The van der Waals surface area contributed by atoms with Crippen LogP contribution in [0, 0.1) is 0 Å². The summed E-state index contributed by atoms with van der Waals surface area (Å²) in [5.74, 6) is 1.25. The smallest absolute Gasteiger partial charge is 0.272 e. The summed E-state index contributed by atoms with van der Waals surface area (Å²) < 4.78 is 16.6. The molecule has 0 heterocycles. The lowest BCUT2D eigenvalue weighted by Gasteiger charge is -2.15. The number of thioether (sulfide) groups is 1. The van der Waals surface area contributed by atoms with Crippen LogP contribution in [0.5, 0.6) is 23.0 Å². The number of hydrogen-bond acceptors (Lipinski definition) is 7. The molecule has 49 heavy (non-hydrogen) atoms. The van der Waals surface area contributed by atoms with Crippen molar-refractivity contribution >= 4 is 46.9 Å². The van der Waals surface area contributed by atoms with Crippen molar-refractivity contribution in [2.75, 3.05) is 24.9 Å². The van der Waals surface area contributed by atoms with E-state index >= 15 is 0 Å². The monoisotopic (exact) mass is 673 g/mol. The molecule has 5 rings (SSSR count). The second-order valence-electron chi connectivity index (χ2n) is 10.7. The van der Waals surface area contributed by atoms with E-state index in [2.05, 4.69) is 16.0 Å². The van der Waals surface area contributed by atoms with Gasteiger partial charge in [-0.05, 0) is 91.9 Å². The summed E-state index contributed by atoms with van der Waals surface area (Å²) in [5, 5.41) is 8.10. The van der Waals surface area contributed by atoms with Gasteiger partial charge < -0.3 is 30.2 Å². The van der Waals surface area contributed by atoms with Gasteiger partial charge in [-0.15, -0.1) is 11.8 Å². The van der Waals surface area contributed by atoms with Gasteiger partial charge in [-0.3, -0.25) is 14.4 Å². The molecule has 0 aliphatic carbocycles. The van der Waals surface area contributed by atoms with Crippen LogP contribution in [0.15, 0.2) is 138 Å². The van der Waals surface area contributed by atoms with Gasteiger partial charge >= 0.3 is 0 Å². The van der Waals surface area contributed by atoms with Crippen molar-refractivity contribution in [2.24, 2.45) is 0 Å². The minimum absolute atomic E-state index is 0.00306. The van der Waals surface area contributed by atoms with Gasteiger partial charge in [-0.1, -0.05) is 42.5 Å². The number of methoxy groups -OCH3 is 2. The number of nitrogens with one attached hydrogen (secondary N) is 3. The molecule has 0 fully saturated rings. The van der Waals surface area contributed by atoms with Crippen LogP contribution in [0.1, 0.15) is 22.8 Å². The van der Waals surface area contributed by atoms with Crippen LogP contribution in [0.2, 0.25) is 0 Å². The summed E-state index contributed by atoms with van der Waals surface area (Å²) in [6, 6.07) is 37.5. The number of hydrogen-bond donors (Lipinski definition) is 3. The average molecular weight is 674 g/mol. The molecule has 3 N–H and O–H groups in total. The fraction of sp³-hybridized carbons (Fsp3) is 0.103. The second kappa shape index (κ2) is 16.7. The van der Waals surface area contributed by atoms with E-state index in [0.29, 0.717) is 39.8 Å². The first-order chi connectivity index (χ1) is 23.8. The van der Waals surface area contributed by atoms with Crippen LogP contribution in [0.25, 0.3) is 6.08 Å². The zero-order chi connectivity index (χ0) is 34.6. The highest BCUT2D eigenvalue weighted by molar-refractivity contribution is 8.00. The van der Waals surface area contributed by atoms with Crippen molar-refractivity contribution in [2.45, 2.75) is 17.1 Å². The summed E-state index contributed by atoms with van der Waals surface area (Å²) >= 11 is 1.34. The van der Waals surface area contributed by atoms with Gasteiger partial charge in [0, 0.05) is 33.5 Å². The maximum absolute atomic E-state index is 13.6. The van der Waals surface area contributed by atoms with E-state index in [-0.39, 0.29) is 11.6 Å². The number of ether oxygens (including phenoxy) is 3. The highest BCUT2D eigenvalue weighted by Crippen LogP contribution is 2.29. The van der Waals surface area contributed by atoms with E-state index in [0.717, 1.165) is 10.6 Å². The van der Waals surface area contributed by atoms with Gasteiger partial charge in [0.2, 0.25) is 5.91 Å². The third-order valence-electron chi connectivity index (χ3n) is 7.14. The predicted octanol–water partition coefficient (Wildman–Crippen LogP) is 8.03. The number of para-hydroxylation sites is 1. The molecule has 9 nitrogen and oxygen atoms in total. The molecule has 1 unspecified atom stereocenters. The van der Waals surface area contributed by atoms with Crippen LogP contribution in [0.3, 0.4) is 0 Å². The maximum Gasteiger partial charge on any atom is 0.272 e. The van der Waals surface area contributed by atoms with Crippen molar-refractivity contribution in [1.82, 2.24) is 5.32 Å². The minimum atomic E-state index is -0.546. The standard InChI is InChI=1S/C39H35N3O6S/c1-26(37(43)40-29-18-21-32(22-19-29)48-31-14-8-5-9-15-31)49-34-16-10-13-30(24-34)41-39(45)35(42-38(44)27-11-6-4-7-12-27)23-28-17-20-33(46-2)25-36(28)47-3/h4-26H,1-3H3,(H,40,43)(H,41,45)(H,42,44)/b35-23+. The topological polar surface area (TPSA) is 115 Å². The summed E-state index contributed by atoms with van der Waals surface area (Å²) in [6.45, 7) is 1.81. The average Bonchev–Trinajstić information content (AvgIpc) is 3.13. The Labute approximate surface area is 289 Å². The predicted molar refractivity (Wildman–Crippen MR) is 193 cm³/mol. The summed E-state index contributed by atoms with van der Waals surface area (Å²) in [5.41, 5.74) is 2.08. The van der Waals surface area contributed by atoms with Gasteiger partial charge in [0.05, 0.1) is 19.5 Å². The van der Waals surface area contributed by atoms with Gasteiger partial charge in [0.15, 0.2) is 0 Å². The fourth-order valence-corrected chi connectivity index (χ4v) is 5.54. The molecule has 0 bridgehead atoms. The molecule has 10 heteroatoms. The zero-order valence-corrected chi connectivity index (χ0v) is 28.0. The minimum Gasteiger partial charge on any atom is -0.497 e. The Kier molecular flexibility index (Phi) is 11.7. The second-order valence-corrected chi connectivity index (χ2v) is 12.1. The molecule has 248 valence electrons. The molecular formula is C39H35N3O6S. The first-order valence-corrected chi connectivity index (χ1v) is 16.2. The highest BCUT2D eigenvalue weighted by atomic mass is 32.2. The van der Waals surface area contributed by atoms with Crippen molar-refractivity contribution in [3.63, 3.8) is 0 Å². The lowest BCUT2D eigenvalue weighted by Crippen LogP contribution is -2.30. The largest absolute Gasteiger partial charge is 0.497 e. The lowest BCUT2D eigenvalue weighted by atomic mass is 10.1. The number of amides is 3. The van der Waals surface area contributed by atoms with E-state index in [1.54, 1.807) is 111 Å². The number of carbonyl (C=O) groups is 3. The number of rotatable bonds is 13. The first kappa shape index (κ1) is 34.3. The van der Waals surface area contributed by atoms with Gasteiger partial charge in [-0.2, -0.15) is 0 Å². The molecule has 0 aliphatic heterocycles. The van der Waals surface area contributed by atoms with E-state index in [1.807, 2.05) is 36.4 Å². The Morgan fingerprint density at radius 1 is 0.673 bits per heavy atom. The molecule has 0 spiro atoms. The third kappa shape index (κ3) is 9.75. The Morgan fingerprint density at radius 3 is 2.04 bits per heavy atom.